The van der Waals surface area contributed by atoms with Gasteiger partial charge in [-0.05, 0) is 56.8 Å². The first-order chi connectivity index (χ1) is 12.1. The molecule has 134 valence electrons. The average molecular weight is 342 g/mol. The van der Waals surface area contributed by atoms with Crippen molar-refractivity contribution in [3.63, 3.8) is 0 Å². The van der Waals surface area contributed by atoms with Gasteiger partial charge >= 0.3 is 0 Å². The number of hydrogen-bond donors (Lipinski definition) is 1. The van der Waals surface area contributed by atoms with Gasteiger partial charge in [0.1, 0.15) is 5.82 Å². The Labute approximate surface area is 149 Å². The van der Waals surface area contributed by atoms with Gasteiger partial charge in [0.25, 0.3) is 0 Å². The Kier molecular flexibility index (Phi) is 4.61. The van der Waals surface area contributed by atoms with Crippen LogP contribution in [0.4, 0.5) is 4.39 Å². The summed E-state index contributed by atoms with van der Waals surface area (Å²) in [7, 11) is 0. The highest BCUT2D eigenvalue weighted by atomic mass is 19.1. The molecule has 2 aliphatic rings. The van der Waals surface area contributed by atoms with Crippen molar-refractivity contribution in [1.82, 2.24) is 19.8 Å². The number of likely N-dealkylation sites (tertiary alicyclic amines) is 2. The van der Waals surface area contributed by atoms with Gasteiger partial charge < -0.3 is 4.98 Å². The van der Waals surface area contributed by atoms with Crippen LogP contribution in [0, 0.1) is 12.7 Å². The summed E-state index contributed by atoms with van der Waals surface area (Å²) in [6.45, 7) is 7.41. The predicted octanol–water partition coefficient (Wildman–Crippen LogP) is 3.49. The van der Waals surface area contributed by atoms with Crippen molar-refractivity contribution in [3.8, 4) is 0 Å². The Morgan fingerprint density at radius 2 is 1.84 bits per heavy atom. The molecule has 2 saturated heterocycles. The highest BCUT2D eigenvalue weighted by Gasteiger charge is 2.42. The number of nitrogens with zero attached hydrogens (tertiary/aromatic N) is 3. The lowest BCUT2D eigenvalue weighted by molar-refractivity contribution is 0.0445. The van der Waals surface area contributed by atoms with Crippen molar-refractivity contribution in [1.29, 1.82) is 0 Å². The van der Waals surface area contributed by atoms with Crippen LogP contribution in [0.5, 0.6) is 0 Å². The molecule has 3 heterocycles. The molecule has 4 rings (SSSR count). The van der Waals surface area contributed by atoms with Gasteiger partial charge in [-0.2, -0.15) is 0 Å². The Bertz CT molecular complexity index is 701. The first-order valence-corrected chi connectivity index (χ1v) is 9.35. The van der Waals surface area contributed by atoms with Crippen molar-refractivity contribution in [2.24, 2.45) is 0 Å². The number of aryl methyl sites for hydroxylation is 1. The van der Waals surface area contributed by atoms with Crippen molar-refractivity contribution in [2.75, 3.05) is 19.6 Å². The Hall–Kier alpha value is -1.72. The first kappa shape index (κ1) is 16.7. The largest absolute Gasteiger partial charge is 0.348 e. The quantitative estimate of drug-likeness (QED) is 0.924. The highest BCUT2D eigenvalue weighted by molar-refractivity contribution is 5.17. The smallest absolute Gasteiger partial charge is 0.123 e. The van der Waals surface area contributed by atoms with Crippen LogP contribution in [0.2, 0.25) is 0 Å². The van der Waals surface area contributed by atoms with Crippen LogP contribution in [-0.4, -0.2) is 44.9 Å². The van der Waals surface area contributed by atoms with Gasteiger partial charge in [-0.15, -0.1) is 0 Å². The zero-order valence-electron chi connectivity index (χ0n) is 15.0. The summed E-state index contributed by atoms with van der Waals surface area (Å²) in [5, 5.41) is 0. The maximum absolute atomic E-state index is 13.1. The van der Waals surface area contributed by atoms with Gasteiger partial charge in [-0.1, -0.05) is 12.1 Å². The number of benzene rings is 1. The van der Waals surface area contributed by atoms with Crippen LogP contribution in [-0.2, 0) is 13.1 Å². The van der Waals surface area contributed by atoms with Crippen molar-refractivity contribution in [3.05, 3.63) is 53.4 Å². The van der Waals surface area contributed by atoms with E-state index in [1.807, 2.05) is 12.1 Å². The lowest BCUT2D eigenvalue weighted by Gasteiger charge is -2.45. The number of piperidine rings is 1. The minimum atomic E-state index is -0.151. The SMILES string of the molecule is Cc1[nH]cnc1CN1CCC2(CCCN2Cc2ccc(F)cc2)CC1. The fraction of sp³-hybridized carbons (Fsp3) is 0.550. The molecule has 0 amide bonds. The number of H-pyrrole nitrogens is 1. The summed E-state index contributed by atoms with van der Waals surface area (Å²) < 4.78 is 13.1. The lowest BCUT2D eigenvalue weighted by atomic mass is 9.84. The van der Waals surface area contributed by atoms with E-state index in [4.69, 9.17) is 0 Å². The van der Waals surface area contributed by atoms with Crippen molar-refractivity contribution >= 4 is 0 Å². The molecule has 0 unspecified atom stereocenters. The van der Waals surface area contributed by atoms with Crippen LogP contribution >= 0.6 is 0 Å². The summed E-state index contributed by atoms with van der Waals surface area (Å²) in [5.74, 6) is -0.151. The zero-order chi connectivity index (χ0) is 17.3. The second-order valence-electron chi connectivity index (χ2n) is 7.63. The van der Waals surface area contributed by atoms with E-state index in [1.165, 1.54) is 42.6 Å². The lowest BCUT2D eigenvalue weighted by Crippen LogP contribution is -2.51. The van der Waals surface area contributed by atoms with E-state index < -0.39 is 0 Å². The molecule has 0 saturated carbocycles. The monoisotopic (exact) mass is 342 g/mol. The summed E-state index contributed by atoms with van der Waals surface area (Å²) in [6.07, 6.45) is 6.80. The molecular weight excluding hydrogens is 315 g/mol. The Morgan fingerprint density at radius 1 is 1.08 bits per heavy atom. The van der Waals surface area contributed by atoms with Gasteiger partial charge in [0, 0.05) is 37.4 Å². The normalized spacial score (nSPS) is 21.2. The first-order valence-electron chi connectivity index (χ1n) is 9.35. The molecule has 0 aliphatic carbocycles. The second kappa shape index (κ2) is 6.89. The molecule has 2 aliphatic heterocycles. The number of rotatable bonds is 4. The molecule has 1 spiro atoms. The van der Waals surface area contributed by atoms with Gasteiger partial charge in [0.2, 0.25) is 0 Å². The van der Waals surface area contributed by atoms with E-state index in [-0.39, 0.29) is 5.82 Å². The van der Waals surface area contributed by atoms with Crippen molar-refractivity contribution < 1.29 is 4.39 Å². The zero-order valence-corrected chi connectivity index (χ0v) is 15.0. The van der Waals surface area contributed by atoms with E-state index in [1.54, 1.807) is 18.5 Å². The second-order valence-corrected chi connectivity index (χ2v) is 7.63. The van der Waals surface area contributed by atoms with Crippen LogP contribution in [0.1, 0.15) is 42.6 Å². The number of aromatic amines is 1. The molecule has 25 heavy (non-hydrogen) atoms. The number of hydrogen-bond acceptors (Lipinski definition) is 3. The summed E-state index contributed by atoms with van der Waals surface area (Å²) in [6, 6.07) is 7.01. The molecule has 1 aromatic heterocycles. The molecule has 1 aromatic carbocycles. The van der Waals surface area contributed by atoms with E-state index in [2.05, 4.69) is 26.7 Å². The summed E-state index contributed by atoms with van der Waals surface area (Å²) in [4.78, 5) is 12.8. The molecule has 0 bridgehead atoms. The topological polar surface area (TPSA) is 35.2 Å². The molecular formula is C20H27FN4. The standard InChI is InChI=1S/C20H27FN4/c1-16-19(23-15-22-16)14-24-11-8-20(9-12-24)7-2-10-25(20)13-17-3-5-18(21)6-4-17/h3-6,15H,2,7-14H2,1H3,(H,22,23). The van der Waals surface area contributed by atoms with Crippen molar-refractivity contribution in [2.45, 2.75) is 51.2 Å². The van der Waals surface area contributed by atoms with Crippen LogP contribution in [0.3, 0.4) is 0 Å². The average Bonchev–Trinajstić information content (AvgIpc) is 3.19. The maximum Gasteiger partial charge on any atom is 0.123 e. The third-order valence-corrected chi connectivity index (χ3v) is 6.12. The Balaban J connectivity index is 1.38. The molecule has 5 heteroatoms. The molecule has 2 aromatic rings. The van der Waals surface area contributed by atoms with Gasteiger partial charge in [0.05, 0.1) is 12.0 Å². The highest BCUT2D eigenvalue weighted by Crippen LogP contribution is 2.39. The third-order valence-electron chi connectivity index (χ3n) is 6.12. The number of aromatic nitrogens is 2. The van der Waals surface area contributed by atoms with Crippen LogP contribution in [0.15, 0.2) is 30.6 Å². The van der Waals surface area contributed by atoms with Gasteiger partial charge in [-0.3, -0.25) is 9.80 Å². The summed E-state index contributed by atoms with van der Waals surface area (Å²) >= 11 is 0. The number of nitrogens with one attached hydrogen (secondary N) is 1. The minimum Gasteiger partial charge on any atom is -0.348 e. The van der Waals surface area contributed by atoms with Gasteiger partial charge in [-0.25, -0.2) is 9.37 Å². The summed E-state index contributed by atoms with van der Waals surface area (Å²) in [5.41, 5.74) is 3.91. The fourth-order valence-corrected chi connectivity index (χ4v) is 4.50. The van der Waals surface area contributed by atoms with E-state index >= 15 is 0 Å². The molecule has 1 N–H and O–H groups in total. The van der Waals surface area contributed by atoms with E-state index in [0.29, 0.717) is 5.54 Å². The molecule has 0 radical (unpaired) electrons. The fourth-order valence-electron chi connectivity index (χ4n) is 4.50. The maximum atomic E-state index is 13.1. The molecule has 4 nitrogen and oxygen atoms in total. The number of halogens is 1. The van der Waals surface area contributed by atoms with Crippen LogP contribution < -0.4 is 0 Å². The number of imidazole rings is 1. The van der Waals surface area contributed by atoms with E-state index in [0.717, 1.165) is 32.7 Å². The molecule has 2 fully saturated rings. The minimum absolute atomic E-state index is 0.151. The Morgan fingerprint density at radius 3 is 2.52 bits per heavy atom. The van der Waals surface area contributed by atoms with Crippen LogP contribution in [0.25, 0.3) is 0 Å². The third kappa shape index (κ3) is 3.48. The van der Waals surface area contributed by atoms with Gasteiger partial charge in [0.15, 0.2) is 0 Å². The molecule has 0 atom stereocenters. The predicted molar refractivity (Wildman–Crippen MR) is 96.6 cm³/mol. The van der Waals surface area contributed by atoms with E-state index in [9.17, 15) is 4.39 Å².